The first-order chi connectivity index (χ1) is 12.5. The van der Waals surface area contributed by atoms with E-state index < -0.39 is 0 Å². The Labute approximate surface area is 148 Å². The molecule has 1 aliphatic heterocycles. The van der Waals surface area contributed by atoms with Crippen LogP contribution in [0.3, 0.4) is 0 Å². The van der Waals surface area contributed by atoms with Gasteiger partial charge in [-0.1, -0.05) is 0 Å². The van der Waals surface area contributed by atoms with Gasteiger partial charge in [-0.3, -0.25) is 14.7 Å². The number of aromatic amines is 1. The molecule has 0 saturated carbocycles. The van der Waals surface area contributed by atoms with Crippen LogP contribution in [0.1, 0.15) is 12.1 Å². The van der Waals surface area contributed by atoms with Gasteiger partial charge >= 0.3 is 0 Å². The summed E-state index contributed by atoms with van der Waals surface area (Å²) in [5.74, 6) is -0.214. The predicted molar refractivity (Wildman–Crippen MR) is 95.3 cm³/mol. The van der Waals surface area contributed by atoms with Gasteiger partial charge in [-0.2, -0.15) is 4.98 Å². The minimum Gasteiger partial charge on any atom is -0.423 e. The van der Waals surface area contributed by atoms with Gasteiger partial charge in [0.15, 0.2) is 5.58 Å². The highest BCUT2D eigenvalue weighted by atomic mass is 19.1. The van der Waals surface area contributed by atoms with Crippen LogP contribution >= 0.6 is 0 Å². The van der Waals surface area contributed by atoms with E-state index >= 15 is 0 Å². The fraction of sp³-hybridized carbons (Fsp3) is 0.353. The minimum absolute atomic E-state index is 0.118. The molecule has 0 bridgehead atoms. The number of aromatic nitrogens is 3. The van der Waals surface area contributed by atoms with Crippen molar-refractivity contribution in [2.45, 2.75) is 19.0 Å². The lowest BCUT2D eigenvalue weighted by Gasteiger charge is -2.23. The van der Waals surface area contributed by atoms with Gasteiger partial charge in [-0.15, -0.1) is 0 Å². The van der Waals surface area contributed by atoms with E-state index in [2.05, 4.69) is 19.9 Å². The average molecular weight is 358 g/mol. The molecule has 3 heterocycles. The Balaban J connectivity index is 1.46. The maximum Gasteiger partial charge on any atom is 0.298 e. The largest absolute Gasteiger partial charge is 0.423 e. The molecule has 0 radical (unpaired) electrons. The highest BCUT2D eigenvalue weighted by molar-refractivity contribution is 5.74. The van der Waals surface area contributed by atoms with Gasteiger partial charge < -0.3 is 15.1 Å². The lowest BCUT2D eigenvalue weighted by atomic mass is 10.2. The Morgan fingerprint density at radius 1 is 1.42 bits per heavy atom. The number of nitrogens with one attached hydrogen (secondary N) is 1. The Kier molecular flexibility index (Phi) is 4.08. The molecule has 136 valence electrons. The molecule has 0 spiro atoms. The van der Waals surface area contributed by atoms with E-state index in [1.807, 2.05) is 11.9 Å². The fourth-order valence-corrected chi connectivity index (χ4v) is 3.29. The van der Waals surface area contributed by atoms with E-state index in [4.69, 9.17) is 10.2 Å². The number of hydrogen-bond donors (Lipinski definition) is 2. The SMILES string of the molecule is CN(Cc1cc(=O)[nH]c(N)n1)[C@H]1CCN(c2nc3cc(F)ccc3o2)C1. The van der Waals surface area contributed by atoms with Crippen molar-refractivity contribution in [2.24, 2.45) is 0 Å². The number of H-pyrrole nitrogens is 1. The van der Waals surface area contributed by atoms with Gasteiger partial charge in [0.25, 0.3) is 11.6 Å². The Hall–Kier alpha value is -2.94. The lowest BCUT2D eigenvalue weighted by molar-refractivity contribution is 0.247. The molecule has 8 nitrogen and oxygen atoms in total. The van der Waals surface area contributed by atoms with Crippen molar-refractivity contribution >= 4 is 23.1 Å². The van der Waals surface area contributed by atoms with Gasteiger partial charge in [0.05, 0.1) is 5.69 Å². The number of likely N-dealkylation sites (N-methyl/N-ethyl adjacent to an activating group) is 1. The highest BCUT2D eigenvalue weighted by Crippen LogP contribution is 2.26. The molecule has 0 aliphatic carbocycles. The summed E-state index contributed by atoms with van der Waals surface area (Å²) < 4.78 is 19.1. The van der Waals surface area contributed by atoms with Crippen LogP contribution in [0, 0.1) is 5.82 Å². The van der Waals surface area contributed by atoms with Crippen molar-refractivity contribution in [3.8, 4) is 0 Å². The summed E-state index contributed by atoms with van der Waals surface area (Å²) in [6.45, 7) is 2.03. The van der Waals surface area contributed by atoms with E-state index in [-0.39, 0.29) is 23.4 Å². The van der Waals surface area contributed by atoms with Crippen molar-refractivity contribution in [3.05, 3.63) is 46.1 Å². The standard InChI is InChI=1S/C17H19FN6O2/c1-23(8-11-7-15(25)22-16(19)20-11)12-4-5-24(9-12)17-21-13-6-10(18)2-3-14(13)26-17/h2-3,6-7,12H,4-5,8-9H2,1H3,(H3,19,20,22,25)/t12-/m0/s1. The molecule has 1 aromatic carbocycles. The third kappa shape index (κ3) is 3.25. The molecular formula is C17H19FN6O2. The van der Waals surface area contributed by atoms with E-state index in [0.29, 0.717) is 29.4 Å². The summed E-state index contributed by atoms with van der Waals surface area (Å²) in [4.78, 5) is 26.7. The molecule has 1 aliphatic rings. The summed E-state index contributed by atoms with van der Waals surface area (Å²) >= 11 is 0. The monoisotopic (exact) mass is 358 g/mol. The van der Waals surface area contributed by atoms with Crippen molar-refractivity contribution in [3.63, 3.8) is 0 Å². The van der Waals surface area contributed by atoms with Gasteiger partial charge in [-0.25, -0.2) is 9.37 Å². The molecule has 4 rings (SSSR count). The van der Waals surface area contributed by atoms with Gasteiger partial charge in [0.2, 0.25) is 5.95 Å². The summed E-state index contributed by atoms with van der Waals surface area (Å²) in [5, 5.41) is 0. The molecule has 0 amide bonds. The van der Waals surface area contributed by atoms with Gasteiger partial charge in [0.1, 0.15) is 11.3 Å². The van der Waals surface area contributed by atoms with Crippen molar-refractivity contribution in [2.75, 3.05) is 30.8 Å². The van der Waals surface area contributed by atoms with E-state index in [1.54, 1.807) is 6.07 Å². The molecule has 0 unspecified atom stereocenters. The zero-order valence-electron chi connectivity index (χ0n) is 14.3. The van der Waals surface area contributed by atoms with Crippen LogP contribution in [0.2, 0.25) is 0 Å². The van der Waals surface area contributed by atoms with Crippen LogP contribution in [-0.2, 0) is 6.54 Å². The van der Waals surface area contributed by atoms with Crippen LogP contribution < -0.4 is 16.2 Å². The molecule has 1 atom stereocenters. The molecule has 1 fully saturated rings. The Bertz CT molecular complexity index is 1000. The topological polar surface area (TPSA) is 104 Å². The normalized spacial score (nSPS) is 17.5. The number of oxazole rings is 1. The van der Waals surface area contributed by atoms with Crippen LogP contribution in [0.5, 0.6) is 0 Å². The first kappa shape index (κ1) is 16.5. The van der Waals surface area contributed by atoms with Crippen molar-refractivity contribution in [1.82, 2.24) is 19.9 Å². The molecular weight excluding hydrogens is 339 g/mol. The third-order valence-electron chi connectivity index (χ3n) is 4.62. The van der Waals surface area contributed by atoms with Crippen LogP contribution in [0.15, 0.2) is 33.5 Å². The zero-order chi connectivity index (χ0) is 18.3. The number of nitrogen functional groups attached to an aromatic ring is 1. The molecule has 9 heteroatoms. The average Bonchev–Trinajstić information content (AvgIpc) is 3.20. The second-order valence-corrected chi connectivity index (χ2v) is 6.53. The van der Waals surface area contributed by atoms with Crippen LogP contribution in [-0.4, -0.2) is 46.0 Å². The number of nitrogens with two attached hydrogens (primary N) is 1. The second kappa shape index (κ2) is 6.41. The highest BCUT2D eigenvalue weighted by Gasteiger charge is 2.29. The molecule has 26 heavy (non-hydrogen) atoms. The maximum absolute atomic E-state index is 13.3. The van der Waals surface area contributed by atoms with E-state index in [1.165, 1.54) is 18.2 Å². The van der Waals surface area contributed by atoms with E-state index in [9.17, 15) is 9.18 Å². The number of nitrogens with zero attached hydrogens (tertiary/aromatic N) is 4. The minimum atomic E-state index is -0.332. The lowest BCUT2D eigenvalue weighted by Crippen LogP contribution is -2.34. The zero-order valence-corrected chi connectivity index (χ0v) is 14.3. The summed E-state index contributed by atoms with van der Waals surface area (Å²) in [7, 11) is 1.98. The number of fused-ring (bicyclic) bond motifs is 1. The summed E-state index contributed by atoms with van der Waals surface area (Å²) in [6, 6.07) is 6.52. The molecule has 2 aromatic heterocycles. The summed E-state index contributed by atoms with van der Waals surface area (Å²) in [5.41, 5.74) is 7.05. The Morgan fingerprint density at radius 2 is 2.27 bits per heavy atom. The number of rotatable bonds is 4. The number of halogens is 1. The quantitative estimate of drug-likeness (QED) is 0.725. The molecule has 3 N–H and O–H groups in total. The second-order valence-electron chi connectivity index (χ2n) is 6.53. The van der Waals surface area contributed by atoms with Crippen molar-refractivity contribution in [1.29, 1.82) is 0 Å². The Morgan fingerprint density at radius 3 is 3.08 bits per heavy atom. The third-order valence-corrected chi connectivity index (χ3v) is 4.62. The van der Waals surface area contributed by atoms with E-state index in [0.717, 1.165) is 19.5 Å². The maximum atomic E-state index is 13.3. The van der Waals surface area contributed by atoms with Crippen LogP contribution in [0.4, 0.5) is 16.4 Å². The molecule has 1 saturated heterocycles. The van der Waals surface area contributed by atoms with Crippen molar-refractivity contribution < 1.29 is 8.81 Å². The molecule has 3 aromatic rings. The smallest absolute Gasteiger partial charge is 0.298 e. The van der Waals surface area contributed by atoms with Gasteiger partial charge in [0, 0.05) is 37.8 Å². The summed E-state index contributed by atoms with van der Waals surface area (Å²) in [6.07, 6.45) is 0.919. The van der Waals surface area contributed by atoms with Crippen LogP contribution in [0.25, 0.3) is 11.1 Å². The first-order valence-corrected chi connectivity index (χ1v) is 8.35. The van der Waals surface area contributed by atoms with Gasteiger partial charge in [-0.05, 0) is 25.6 Å². The number of benzene rings is 1. The number of anilines is 2. The first-order valence-electron chi connectivity index (χ1n) is 8.35. The number of hydrogen-bond acceptors (Lipinski definition) is 7. The fourth-order valence-electron chi connectivity index (χ4n) is 3.29. The predicted octanol–water partition coefficient (Wildman–Crippen LogP) is 1.34.